The van der Waals surface area contributed by atoms with Gasteiger partial charge in [-0.3, -0.25) is 0 Å². The monoisotopic (exact) mass is 210 g/mol. The number of hydrogen-bond acceptors (Lipinski definition) is 2. The zero-order chi connectivity index (χ0) is 10.1. The zero-order valence-corrected chi connectivity index (χ0v) is 8.16. The molecular formula is C10H6F2NS. The van der Waals surface area contributed by atoms with E-state index in [9.17, 15) is 8.78 Å². The predicted octanol–water partition coefficient (Wildman–Crippen LogP) is 3.20. The average Bonchev–Trinajstić information content (AvgIpc) is 2.50. The summed E-state index contributed by atoms with van der Waals surface area (Å²) in [5, 5.41) is 3.70. The van der Waals surface area contributed by atoms with Gasteiger partial charge in [0.1, 0.15) is 11.6 Å². The molecule has 0 aliphatic rings. The molecular weight excluding hydrogens is 204 g/mol. The van der Waals surface area contributed by atoms with Gasteiger partial charge in [-0.25, -0.2) is 13.8 Å². The van der Waals surface area contributed by atoms with Gasteiger partial charge in [0, 0.05) is 11.6 Å². The van der Waals surface area contributed by atoms with Gasteiger partial charge in [0.15, 0.2) is 0 Å². The smallest absolute Gasteiger partial charge is 0.126 e. The van der Waals surface area contributed by atoms with Crippen molar-refractivity contribution in [2.45, 2.75) is 6.92 Å². The van der Waals surface area contributed by atoms with E-state index in [1.54, 1.807) is 0 Å². The van der Waals surface area contributed by atoms with Gasteiger partial charge in [0.25, 0.3) is 0 Å². The minimum absolute atomic E-state index is 0.423. The molecule has 0 bridgehead atoms. The molecule has 2 aromatic rings. The molecule has 14 heavy (non-hydrogen) atoms. The Morgan fingerprint density at radius 3 is 2.36 bits per heavy atom. The molecule has 0 aliphatic heterocycles. The lowest BCUT2D eigenvalue weighted by molar-refractivity contribution is 0.584. The normalized spacial score (nSPS) is 10.5. The first kappa shape index (κ1) is 9.27. The fourth-order valence-corrected chi connectivity index (χ4v) is 1.68. The van der Waals surface area contributed by atoms with Crippen molar-refractivity contribution in [2.75, 3.05) is 0 Å². The van der Waals surface area contributed by atoms with Gasteiger partial charge in [0.05, 0.1) is 16.1 Å². The van der Waals surface area contributed by atoms with Crippen LogP contribution in [0, 0.1) is 23.9 Å². The fraction of sp³-hybridized carbons (Fsp3) is 0.100. The molecule has 0 amide bonds. The Bertz CT molecular complexity index is 445. The molecule has 0 atom stereocenters. The third-order valence-electron chi connectivity index (χ3n) is 1.70. The SMILES string of the molecule is Cc1nc(-c2cc(F)cc(F)c2)[c]s1. The van der Waals surface area contributed by atoms with E-state index in [-0.39, 0.29) is 0 Å². The lowest BCUT2D eigenvalue weighted by atomic mass is 10.1. The Labute approximate surface area is 84.0 Å². The summed E-state index contributed by atoms with van der Waals surface area (Å²) in [6.07, 6.45) is 0. The van der Waals surface area contributed by atoms with Crippen LogP contribution in [0.2, 0.25) is 0 Å². The average molecular weight is 210 g/mol. The Hall–Kier alpha value is -1.29. The molecule has 0 saturated heterocycles. The number of rotatable bonds is 1. The number of thiazole rings is 1. The Morgan fingerprint density at radius 2 is 1.86 bits per heavy atom. The quantitative estimate of drug-likeness (QED) is 0.704. The standard InChI is InChI=1S/C10H6F2NS/c1-6-13-10(5-14-6)7-2-8(11)4-9(12)3-7/h2-4H,1H3. The molecule has 0 fully saturated rings. The van der Waals surface area contributed by atoms with E-state index in [4.69, 9.17) is 0 Å². The molecule has 0 aliphatic carbocycles. The van der Waals surface area contributed by atoms with Crippen molar-refractivity contribution in [2.24, 2.45) is 0 Å². The van der Waals surface area contributed by atoms with E-state index >= 15 is 0 Å². The summed E-state index contributed by atoms with van der Waals surface area (Å²) >= 11 is 1.33. The highest BCUT2D eigenvalue weighted by molar-refractivity contribution is 7.09. The van der Waals surface area contributed by atoms with Crippen LogP contribution in [0.1, 0.15) is 5.01 Å². The van der Waals surface area contributed by atoms with Crippen LogP contribution in [-0.2, 0) is 0 Å². The third kappa shape index (κ3) is 1.80. The van der Waals surface area contributed by atoms with Crippen LogP contribution in [0.3, 0.4) is 0 Å². The van der Waals surface area contributed by atoms with Crippen molar-refractivity contribution in [3.05, 3.63) is 40.2 Å². The van der Waals surface area contributed by atoms with Crippen molar-refractivity contribution in [3.63, 3.8) is 0 Å². The number of benzene rings is 1. The van der Waals surface area contributed by atoms with Crippen molar-refractivity contribution in [1.82, 2.24) is 4.98 Å². The number of halogens is 2. The third-order valence-corrected chi connectivity index (χ3v) is 2.38. The van der Waals surface area contributed by atoms with Gasteiger partial charge in [-0.2, -0.15) is 0 Å². The van der Waals surface area contributed by atoms with Crippen LogP contribution in [0.5, 0.6) is 0 Å². The van der Waals surface area contributed by atoms with Crippen LogP contribution < -0.4 is 0 Å². The summed E-state index contributed by atoms with van der Waals surface area (Å²) in [6.45, 7) is 1.82. The number of hydrogen-bond donors (Lipinski definition) is 0. The lowest BCUT2D eigenvalue weighted by Crippen LogP contribution is -1.84. The van der Waals surface area contributed by atoms with Crippen LogP contribution in [0.25, 0.3) is 11.3 Å². The van der Waals surface area contributed by atoms with Crippen LogP contribution in [-0.4, -0.2) is 4.98 Å². The second kappa shape index (κ2) is 3.46. The molecule has 2 rings (SSSR count). The first-order chi connectivity index (χ1) is 6.65. The van der Waals surface area contributed by atoms with Crippen LogP contribution in [0.4, 0.5) is 8.78 Å². The highest BCUT2D eigenvalue weighted by atomic mass is 32.1. The summed E-state index contributed by atoms with van der Waals surface area (Å²) in [6, 6.07) is 3.32. The minimum atomic E-state index is -0.598. The van der Waals surface area contributed by atoms with E-state index in [0.717, 1.165) is 11.1 Å². The Balaban J connectivity index is 2.51. The van der Waals surface area contributed by atoms with E-state index in [1.165, 1.54) is 23.5 Å². The topological polar surface area (TPSA) is 12.9 Å². The molecule has 1 nitrogen and oxygen atoms in total. The predicted molar refractivity (Wildman–Crippen MR) is 51.0 cm³/mol. The summed E-state index contributed by atoms with van der Waals surface area (Å²) in [5.41, 5.74) is 0.915. The molecule has 0 N–H and O–H groups in total. The number of nitrogens with zero attached hydrogens (tertiary/aromatic N) is 1. The molecule has 4 heteroatoms. The van der Waals surface area contributed by atoms with E-state index in [2.05, 4.69) is 10.4 Å². The van der Waals surface area contributed by atoms with Crippen molar-refractivity contribution >= 4 is 11.3 Å². The molecule has 1 heterocycles. The Morgan fingerprint density at radius 1 is 1.21 bits per heavy atom. The summed E-state index contributed by atoms with van der Waals surface area (Å²) in [7, 11) is 0. The highest BCUT2D eigenvalue weighted by Gasteiger charge is 2.06. The summed E-state index contributed by atoms with van der Waals surface area (Å²) < 4.78 is 25.7. The van der Waals surface area contributed by atoms with Gasteiger partial charge < -0.3 is 0 Å². The molecule has 1 aromatic heterocycles. The van der Waals surface area contributed by atoms with Gasteiger partial charge in [-0.15, -0.1) is 11.3 Å². The summed E-state index contributed by atoms with van der Waals surface area (Å²) in [4.78, 5) is 4.09. The van der Waals surface area contributed by atoms with E-state index in [1.807, 2.05) is 6.92 Å². The molecule has 0 saturated carbocycles. The fourth-order valence-electron chi connectivity index (χ4n) is 1.14. The minimum Gasteiger partial charge on any atom is -0.241 e. The van der Waals surface area contributed by atoms with Crippen molar-refractivity contribution in [1.29, 1.82) is 0 Å². The second-order valence-electron chi connectivity index (χ2n) is 2.84. The maximum Gasteiger partial charge on any atom is 0.126 e. The van der Waals surface area contributed by atoms with Crippen molar-refractivity contribution in [3.8, 4) is 11.3 Å². The second-order valence-corrected chi connectivity index (χ2v) is 3.84. The lowest BCUT2D eigenvalue weighted by Gasteiger charge is -1.96. The molecule has 0 unspecified atom stereocenters. The van der Waals surface area contributed by atoms with Crippen LogP contribution in [0.15, 0.2) is 18.2 Å². The zero-order valence-electron chi connectivity index (χ0n) is 7.34. The van der Waals surface area contributed by atoms with Gasteiger partial charge >= 0.3 is 0 Å². The highest BCUT2D eigenvalue weighted by Crippen LogP contribution is 2.22. The number of aromatic nitrogens is 1. The van der Waals surface area contributed by atoms with Crippen molar-refractivity contribution < 1.29 is 8.78 Å². The van der Waals surface area contributed by atoms with Gasteiger partial charge in [-0.1, -0.05) is 0 Å². The molecule has 1 radical (unpaired) electrons. The van der Waals surface area contributed by atoms with Crippen LogP contribution >= 0.6 is 11.3 Å². The molecule has 1 aromatic carbocycles. The first-order valence-corrected chi connectivity index (χ1v) is 4.78. The summed E-state index contributed by atoms with van der Waals surface area (Å²) in [5.74, 6) is -1.20. The maximum absolute atomic E-state index is 12.8. The first-order valence-electron chi connectivity index (χ1n) is 3.97. The Kier molecular flexibility index (Phi) is 2.29. The van der Waals surface area contributed by atoms with E-state index in [0.29, 0.717) is 11.3 Å². The molecule has 0 spiro atoms. The van der Waals surface area contributed by atoms with Gasteiger partial charge in [-0.05, 0) is 19.1 Å². The maximum atomic E-state index is 12.8. The number of aryl methyl sites for hydroxylation is 1. The van der Waals surface area contributed by atoms with Gasteiger partial charge in [0.2, 0.25) is 0 Å². The van der Waals surface area contributed by atoms with E-state index < -0.39 is 11.6 Å². The largest absolute Gasteiger partial charge is 0.241 e. The molecule has 71 valence electrons.